The summed E-state index contributed by atoms with van der Waals surface area (Å²) in [5, 5.41) is 0.833. The van der Waals surface area contributed by atoms with Gasteiger partial charge in [0.25, 0.3) is 0 Å². The van der Waals surface area contributed by atoms with E-state index in [0.717, 1.165) is 0 Å². The molecule has 0 spiro atoms. The first kappa shape index (κ1) is 15.4. The smallest absolute Gasteiger partial charge is 0.245 e. The van der Waals surface area contributed by atoms with E-state index in [1.54, 1.807) is 48.5 Å². The average molecular weight is 329 g/mol. The maximum absolute atomic E-state index is 12.9. The summed E-state index contributed by atoms with van der Waals surface area (Å²) in [6, 6.07) is 16.6. The minimum atomic E-state index is -3.90. The summed E-state index contributed by atoms with van der Waals surface area (Å²) < 4.78 is 25.8. The summed E-state index contributed by atoms with van der Waals surface area (Å²) in [4.78, 5) is 24.1. The summed E-state index contributed by atoms with van der Waals surface area (Å²) in [5.41, 5.74) is 0.667. The molecule has 1 fully saturated rings. The lowest BCUT2D eigenvalue weighted by molar-refractivity contribution is -0.133. The topological polar surface area (TPSA) is 80.3 Å². The van der Waals surface area contributed by atoms with E-state index >= 15 is 0 Å². The maximum atomic E-state index is 12.9. The van der Waals surface area contributed by atoms with E-state index in [-0.39, 0.29) is 11.3 Å². The molecule has 0 bridgehead atoms. The number of sulfone groups is 1. The van der Waals surface area contributed by atoms with Gasteiger partial charge < -0.3 is 0 Å². The van der Waals surface area contributed by atoms with Crippen LogP contribution in [0, 0.1) is 0 Å². The third-order valence-electron chi connectivity index (χ3n) is 3.93. The van der Waals surface area contributed by atoms with Gasteiger partial charge in [0.15, 0.2) is 15.1 Å². The Morgan fingerprint density at radius 2 is 1.43 bits per heavy atom. The van der Waals surface area contributed by atoms with E-state index in [4.69, 9.17) is 0 Å². The van der Waals surface area contributed by atoms with Crippen LogP contribution < -0.4 is 5.32 Å². The van der Waals surface area contributed by atoms with Crippen molar-refractivity contribution in [2.24, 2.45) is 0 Å². The van der Waals surface area contributed by atoms with Gasteiger partial charge in [-0.2, -0.15) is 0 Å². The molecule has 0 saturated carbocycles. The van der Waals surface area contributed by atoms with Crippen LogP contribution in [0.15, 0.2) is 65.6 Å². The lowest BCUT2D eigenvalue weighted by Crippen LogP contribution is -2.51. The largest absolute Gasteiger partial charge is 0.295 e. The number of benzene rings is 2. The second kappa shape index (κ2) is 5.96. The van der Waals surface area contributed by atoms with E-state index in [0.29, 0.717) is 5.56 Å². The maximum Gasteiger partial charge on any atom is 0.245 e. The zero-order chi connectivity index (χ0) is 16.4. The summed E-state index contributed by atoms with van der Waals surface area (Å²) in [6.07, 6.45) is -0.0352. The molecule has 1 aliphatic heterocycles. The fourth-order valence-electron chi connectivity index (χ4n) is 2.86. The number of nitrogens with one attached hydrogen (secondary N) is 1. The fourth-order valence-corrected chi connectivity index (χ4v) is 4.71. The lowest BCUT2D eigenvalue weighted by Gasteiger charge is -2.30. The zero-order valence-electron chi connectivity index (χ0n) is 12.2. The van der Waals surface area contributed by atoms with Crippen LogP contribution in [0.2, 0.25) is 0 Å². The van der Waals surface area contributed by atoms with Gasteiger partial charge in [0.1, 0.15) is 0 Å². The Labute approximate surface area is 134 Å². The second-order valence-corrected chi connectivity index (χ2v) is 7.48. The molecular formula is C17H15NO4S. The molecule has 2 atom stereocenters. The minimum absolute atomic E-state index is 0.0352. The van der Waals surface area contributed by atoms with Crippen LogP contribution in [0.1, 0.15) is 17.9 Å². The van der Waals surface area contributed by atoms with Crippen molar-refractivity contribution in [3.8, 4) is 0 Å². The van der Waals surface area contributed by atoms with Crippen LogP contribution in [0.25, 0.3) is 0 Å². The van der Waals surface area contributed by atoms with Crippen molar-refractivity contribution >= 4 is 21.7 Å². The number of hydrogen-bond donors (Lipinski definition) is 1. The minimum Gasteiger partial charge on any atom is -0.295 e. The molecule has 2 aromatic carbocycles. The normalized spacial score (nSPS) is 21.7. The summed E-state index contributed by atoms with van der Waals surface area (Å²) >= 11 is 0. The first-order valence-electron chi connectivity index (χ1n) is 7.18. The molecule has 6 heteroatoms. The molecule has 5 nitrogen and oxygen atoms in total. The number of carbonyl (C=O) groups is 2. The monoisotopic (exact) mass is 329 g/mol. The summed E-state index contributed by atoms with van der Waals surface area (Å²) in [5.74, 6) is -1.91. The molecule has 0 radical (unpaired) electrons. The molecule has 0 aliphatic carbocycles. The first-order valence-corrected chi connectivity index (χ1v) is 8.72. The van der Waals surface area contributed by atoms with Crippen molar-refractivity contribution in [3.05, 3.63) is 66.2 Å². The standard InChI is InChI=1S/C17H15NO4S/c19-15-11-14(12-7-3-1-4-8-12)16(17(20)18-15)23(21,22)13-9-5-2-6-10-13/h1-10,14,16H,11H2,(H,18,19,20)/t14-,16+/m0/s1. The highest BCUT2D eigenvalue weighted by molar-refractivity contribution is 7.92. The second-order valence-electron chi connectivity index (χ2n) is 5.41. The quantitative estimate of drug-likeness (QED) is 0.869. The SMILES string of the molecule is O=C1C[C@@H](c2ccccc2)[C@@H](S(=O)(=O)c2ccccc2)C(=O)N1. The van der Waals surface area contributed by atoms with E-state index in [1.165, 1.54) is 12.1 Å². The van der Waals surface area contributed by atoms with Crippen molar-refractivity contribution in [3.63, 3.8) is 0 Å². The predicted octanol–water partition coefficient (Wildman–Crippen LogP) is 1.66. The van der Waals surface area contributed by atoms with Crippen molar-refractivity contribution in [2.75, 3.05) is 0 Å². The third-order valence-corrected chi connectivity index (χ3v) is 6.07. The third kappa shape index (κ3) is 2.90. The Morgan fingerprint density at radius 1 is 0.870 bits per heavy atom. The van der Waals surface area contributed by atoms with Gasteiger partial charge >= 0.3 is 0 Å². The lowest BCUT2D eigenvalue weighted by atomic mass is 9.89. The molecule has 1 aliphatic rings. The predicted molar refractivity (Wildman–Crippen MR) is 84.4 cm³/mol. The van der Waals surface area contributed by atoms with Crippen molar-refractivity contribution < 1.29 is 18.0 Å². The Hall–Kier alpha value is -2.47. The van der Waals surface area contributed by atoms with Crippen LogP contribution >= 0.6 is 0 Å². The zero-order valence-corrected chi connectivity index (χ0v) is 13.0. The van der Waals surface area contributed by atoms with Gasteiger partial charge in [0, 0.05) is 12.3 Å². The van der Waals surface area contributed by atoms with Crippen LogP contribution in [0.5, 0.6) is 0 Å². The Bertz CT molecular complexity index is 831. The molecule has 118 valence electrons. The van der Waals surface area contributed by atoms with Crippen molar-refractivity contribution in [1.29, 1.82) is 0 Å². The summed E-state index contributed by atoms with van der Waals surface area (Å²) in [7, 11) is -3.90. The molecule has 0 aromatic heterocycles. The molecule has 3 rings (SSSR count). The molecule has 1 saturated heterocycles. The molecular weight excluding hydrogens is 314 g/mol. The van der Waals surface area contributed by atoms with Crippen LogP contribution in [0.3, 0.4) is 0 Å². The van der Waals surface area contributed by atoms with E-state index < -0.39 is 32.8 Å². The molecule has 23 heavy (non-hydrogen) atoms. The first-order chi connectivity index (χ1) is 11.0. The molecule has 1 N–H and O–H groups in total. The van der Waals surface area contributed by atoms with E-state index in [9.17, 15) is 18.0 Å². The number of rotatable bonds is 3. The Balaban J connectivity index is 2.10. The van der Waals surface area contributed by atoms with Crippen LogP contribution in [-0.2, 0) is 19.4 Å². The van der Waals surface area contributed by atoms with Gasteiger partial charge in [0.05, 0.1) is 4.90 Å². The van der Waals surface area contributed by atoms with Gasteiger partial charge in [-0.3, -0.25) is 14.9 Å². The highest BCUT2D eigenvalue weighted by Gasteiger charge is 2.45. The van der Waals surface area contributed by atoms with Gasteiger partial charge in [-0.15, -0.1) is 0 Å². The van der Waals surface area contributed by atoms with Crippen molar-refractivity contribution in [1.82, 2.24) is 5.32 Å². The number of hydrogen-bond acceptors (Lipinski definition) is 4. The van der Waals surface area contributed by atoms with E-state index in [1.807, 2.05) is 0 Å². The van der Waals surface area contributed by atoms with Gasteiger partial charge in [-0.1, -0.05) is 48.5 Å². The molecule has 2 aromatic rings. The molecule has 1 heterocycles. The summed E-state index contributed by atoms with van der Waals surface area (Å²) in [6.45, 7) is 0. The Kier molecular flexibility index (Phi) is 4.00. The van der Waals surface area contributed by atoms with Crippen LogP contribution in [-0.4, -0.2) is 25.5 Å². The molecule has 2 amide bonds. The Morgan fingerprint density at radius 3 is 2.04 bits per heavy atom. The molecule has 0 unspecified atom stereocenters. The van der Waals surface area contributed by atoms with E-state index in [2.05, 4.69) is 5.32 Å². The highest BCUT2D eigenvalue weighted by Crippen LogP contribution is 2.34. The van der Waals surface area contributed by atoms with Crippen LogP contribution in [0.4, 0.5) is 0 Å². The van der Waals surface area contributed by atoms with Gasteiger partial charge in [-0.25, -0.2) is 8.42 Å². The average Bonchev–Trinajstić information content (AvgIpc) is 2.55. The van der Waals surface area contributed by atoms with Crippen molar-refractivity contribution in [2.45, 2.75) is 22.5 Å². The highest BCUT2D eigenvalue weighted by atomic mass is 32.2. The fraction of sp³-hybridized carbons (Fsp3) is 0.176. The number of carbonyl (C=O) groups excluding carboxylic acids is 2. The number of piperidine rings is 1. The number of amides is 2. The van der Waals surface area contributed by atoms with Gasteiger partial charge in [-0.05, 0) is 17.7 Å². The van der Waals surface area contributed by atoms with Gasteiger partial charge in [0.2, 0.25) is 11.8 Å². The number of imide groups is 1.